The maximum absolute atomic E-state index is 12.0. The second-order valence-corrected chi connectivity index (χ2v) is 6.85. The van der Waals surface area contributed by atoms with Crippen LogP contribution in [0.25, 0.3) is 0 Å². The third-order valence-electron chi connectivity index (χ3n) is 3.99. The summed E-state index contributed by atoms with van der Waals surface area (Å²) >= 11 is 1.69. The van der Waals surface area contributed by atoms with Gasteiger partial charge in [0.05, 0.1) is 11.4 Å². The van der Waals surface area contributed by atoms with Gasteiger partial charge < -0.3 is 16.0 Å². The first-order valence-electron chi connectivity index (χ1n) is 8.57. The molecule has 1 aromatic heterocycles. The highest BCUT2D eigenvalue weighted by Crippen LogP contribution is 2.23. The number of rotatable bonds is 9. The Balaban J connectivity index is 2.02. The summed E-state index contributed by atoms with van der Waals surface area (Å²) in [6, 6.07) is 12.8. The molecule has 0 saturated heterocycles. The average Bonchev–Trinajstić information content (AvgIpc) is 3.15. The fourth-order valence-corrected chi connectivity index (χ4v) is 3.48. The molecule has 1 aromatic carbocycles. The minimum atomic E-state index is -0.199. The minimum absolute atomic E-state index is 0.0125. The van der Waals surface area contributed by atoms with Crippen LogP contribution >= 0.6 is 11.3 Å². The van der Waals surface area contributed by atoms with Crippen LogP contribution in [0.4, 0.5) is 0 Å². The summed E-state index contributed by atoms with van der Waals surface area (Å²) in [4.78, 5) is 24.4. The molecular formula is C19H26N3O2S+. The summed E-state index contributed by atoms with van der Waals surface area (Å²) in [6.45, 7) is 2.46. The molecule has 0 fully saturated rings. The third kappa shape index (κ3) is 5.99. The van der Waals surface area contributed by atoms with Crippen LogP contribution in [0.3, 0.4) is 0 Å². The Labute approximate surface area is 152 Å². The van der Waals surface area contributed by atoms with Crippen LogP contribution in [0.1, 0.15) is 35.4 Å². The molecule has 25 heavy (non-hydrogen) atoms. The second-order valence-electron chi connectivity index (χ2n) is 5.87. The SMILES string of the molecule is CCCc1ccc([C@H]([NH2+]CC(=O)NCC(=O)NC)c2cccs2)cc1. The van der Waals surface area contributed by atoms with Gasteiger partial charge in [0.25, 0.3) is 5.91 Å². The number of thiophene rings is 1. The van der Waals surface area contributed by atoms with Gasteiger partial charge in [0.2, 0.25) is 5.91 Å². The van der Waals surface area contributed by atoms with Crippen molar-refractivity contribution in [2.75, 3.05) is 20.1 Å². The van der Waals surface area contributed by atoms with Crippen LogP contribution in [0, 0.1) is 0 Å². The zero-order chi connectivity index (χ0) is 18.1. The van der Waals surface area contributed by atoms with Crippen LogP contribution in [-0.2, 0) is 16.0 Å². The van der Waals surface area contributed by atoms with Crippen LogP contribution in [0.5, 0.6) is 0 Å². The molecule has 6 heteroatoms. The van der Waals surface area contributed by atoms with Crippen LogP contribution in [-0.4, -0.2) is 32.0 Å². The van der Waals surface area contributed by atoms with E-state index in [-0.39, 0.29) is 30.9 Å². The van der Waals surface area contributed by atoms with Crippen molar-refractivity contribution in [1.82, 2.24) is 10.6 Å². The number of likely N-dealkylation sites (N-methyl/N-ethyl adjacent to an activating group) is 1. The fraction of sp³-hybridized carbons (Fsp3) is 0.368. The van der Waals surface area contributed by atoms with Crippen LogP contribution in [0.15, 0.2) is 41.8 Å². The Bertz CT molecular complexity index is 668. The highest BCUT2D eigenvalue weighted by Gasteiger charge is 2.20. The van der Waals surface area contributed by atoms with Gasteiger partial charge in [-0.15, -0.1) is 11.3 Å². The largest absolute Gasteiger partial charge is 0.358 e. The van der Waals surface area contributed by atoms with Gasteiger partial charge in [-0.05, 0) is 23.4 Å². The third-order valence-corrected chi connectivity index (χ3v) is 4.95. The molecule has 0 radical (unpaired) electrons. The number of carbonyl (C=O) groups is 2. The van der Waals surface area contributed by atoms with Gasteiger partial charge in [-0.3, -0.25) is 9.59 Å². The maximum atomic E-state index is 12.0. The van der Waals surface area contributed by atoms with Crippen molar-refractivity contribution in [3.8, 4) is 0 Å². The molecule has 0 aliphatic heterocycles. The van der Waals surface area contributed by atoms with Crippen LogP contribution in [0.2, 0.25) is 0 Å². The van der Waals surface area contributed by atoms with Crippen molar-refractivity contribution in [3.63, 3.8) is 0 Å². The van der Waals surface area contributed by atoms with Gasteiger partial charge in [-0.1, -0.05) is 43.7 Å². The second kappa shape index (κ2) is 9.96. The summed E-state index contributed by atoms with van der Waals surface area (Å²) in [6.07, 6.45) is 2.21. The lowest BCUT2D eigenvalue weighted by Crippen LogP contribution is -2.87. The van der Waals surface area contributed by atoms with Crippen LogP contribution < -0.4 is 16.0 Å². The van der Waals surface area contributed by atoms with Gasteiger partial charge >= 0.3 is 0 Å². The molecule has 0 spiro atoms. The van der Waals surface area contributed by atoms with E-state index in [9.17, 15) is 9.59 Å². The number of carbonyl (C=O) groups excluding carboxylic acids is 2. The summed E-state index contributed by atoms with van der Waals surface area (Å²) in [5.74, 6) is -0.345. The predicted octanol–water partition coefficient (Wildman–Crippen LogP) is 1.22. The Morgan fingerprint density at radius 2 is 1.92 bits per heavy atom. The topological polar surface area (TPSA) is 74.8 Å². The standard InChI is InChI=1S/C19H25N3O2S/c1-3-5-14-7-9-15(10-8-14)19(16-6-4-11-25-16)22-13-18(24)21-12-17(23)20-2/h4,6-11,19,22H,3,5,12-13H2,1-2H3,(H,20,23)(H,21,24)/p+1/t19-/m0/s1. The monoisotopic (exact) mass is 360 g/mol. The van der Waals surface area contributed by atoms with E-state index in [1.807, 2.05) is 16.8 Å². The summed E-state index contributed by atoms with van der Waals surface area (Å²) in [5.41, 5.74) is 2.51. The van der Waals surface area contributed by atoms with E-state index in [1.54, 1.807) is 18.4 Å². The average molecular weight is 361 g/mol. The Morgan fingerprint density at radius 1 is 1.16 bits per heavy atom. The first-order chi connectivity index (χ1) is 12.1. The van der Waals surface area contributed by atoms with Gasteiger partial charge in [-0.25, -0.2) is 0 Å². The lowest BCUT2D eigenvalue weighted by molar-refractivity contribution is -0.676. The molecular weight excluding hydrogens is 334 g/mol. The number of nitrogens with one attached hydrogen (secondary N) is 2. The lowest BCUT2D eigenvalue weighted by atomic mass is 10.0. The number of amides is 2. The molecule has 5 nitrogen and oxygen atoms in total. The molecule has 4 N–H and O–H groups in total. The molecule has 0 saturated carbocycles. The molecule has 0 bridgehead atoms. The number of hydrogen-bond acceptors (Lipinski definition) is 3. The molecule has 2 rings (SSSR count). The number of hydrogen-bond donors (Lipinski definition) is 3. The molecule has 134 valence electrons. The van der Waals surface area contributed by atoms with Crippen molar-refractivity contribution < 1.29 is 14.9 Å². The lowest BCUT2D eigenvalue weighted by Gasteiger charge is -2.15. The quantitative estimate of drug-likeness (QED) is 0.629. The summed E-state index contributed by atoms with van der Waals surface area (Å²) < 4.78 is 0. The molecule has 2 amide bonds. The van der Waals surface area contributed by atoms with E-state index in [0.717, 1.165) is 12.8 Å². The number of aryl methyl sites for hydroxylation is 1. The van der Waals surface area contributed by atoms with Crippen molar-refractivity contribution in [2.45, 2.75) is 25.8 Å². The number of benzene rings is 1. The van der Waals surface area contributed by atoms with Gasteiger partial charge in [0.1, 0.15) is 6.04 Å². The molecule has 0 aliphatic rings. The smallest absolute Gasteiger partial charge is 0.275 e. The van der Waals surface area contributed by atoms with Crippen molar-refractivity contribution in [2.24, 2.45) is 0 Å². The van der Waals surface area contributed by atoms with Gasteiger partial charge in [-0.2, -0.15) is 0 Å². The number of quaternary nitrogens is 1. The molecule has 0 unspecified atom stereocenters. The zero-order valence-electron chi connectivity index (χ0n) is 14.7. The van der Waals surface area contributed by atoms with E-state index in [1.165, 1.54) is 16.0 Å². The Hall–Kier alpha value is -2.18. The zero-order valence-corrected chi connectivity index (χ0v) is 15.6. The van der Waals surface area contributed by atoms with E-state index in [0.29, 0.717) is 0 Å². The predicted molar refractivity (Wildman–Crippen MR) is 100 cm³/mol. The first-order valence-corrected chi connectivity index (χ1v) is 9.44. The molecule has 1 atom stereocenters. The minimum Gasteiger partial charge on any atom is -0.358 e. The van der Waals surface area contributed by atoms with Crippen molar-refractivity contribution in [1.29, 1.82) is 0 Å². The first kappa shape index (κ1) is 19.1. The highest BCUT2D eigenvalue weighted by atomic mass is 32.1. The summed E-state index contributed by atoms with van der Waals surface area (Å²) in [7, 11) is 1.55. The van der Waals surface area contributed by atoms with Gasteiger partial charge in [0.15, 0.2) is 6.54 Å². The van der Waals surface area contributed by atoms with E-state index < -0.39 is 0 Å². The van der Waals surface area contributed by atoms with Gasteiger partial charge in [0, 0.05) is 12.6 Å². The van der Waals surface area contributed by atoms with E-state index in [4.69, 9.17) is 0 Å². The molecule has 1 heterocycles. The van der Waals surface area contributed by atoms with E-state index >= 15 is 0 Å². The van der Waals surface area contributed by atoms with Crippen molar-refractivity contribution in [3.05, 3.63) is 57.8 Å². The fourth-order valence-electron chi connectivity index (χ4n) is 2.63. The molecule has 2 aromatic rings. The highest BCUT2D eigenvalue weighted by molar-refractivity contribution is 7.10. The molecule has 0 aliphatic carbocycles. The normalized spacial score (nSPS) is 11.8. The van der Waals surface area contributed by atoms with Crippen molar-refractivity contribution >= 4 is 23.2 Å². The Morgan fingerprint density at radius 3 is 2.52 bits per heavy atom. The maximum Gasteiger partial charge on any atom is 0.275 e. The summed E-state index contributed by atoms with van der Waals surface area (Å²) in [5, 5.41) is 9.18. The Kier molecular flexibility index (Phi) is 7.63. The van der Waals surface area contributed by atoms with E-state index in [2.05, 4.69) is 47.9 Å². The number of nitrogens with two attached hydrogens (primary N) is 1.